The van der Waals surface area contributed by atoms with Crippen LogP contribution in [0.15, 0.2) is 0 Å². The molecule has 2 saturated heterocycles. The van der Waals surface area contributed by atoms with Crippen molar-refractivity contribution in [2.24, 2.45) is 0 Å². The minimum Gasteiger partial charge on any atom is -0.310 e. The second-order valence-electron chi connectivity index (χ2n) is 4.33. The number of hydrogen-bond donors (Lipinski definition) is 1. The van der Waals surface area contributed by atoms with E-state index in [1.807, 2.05) is 0 Å². The van der Waals surface area contributed by atoms with Crippen molar-refractivity contribution in [1.29, 1.82) is 0 Å². The third kappa shape index (κ3) is 2.79. The molecule has 0 aromatic heterocycles. The first-order valence-electron chi connectivity index (χ1n) is 4.66. The van der Waals surface area contributed by atoms with Gasteiger partial charge in [0.15, 0.2) is 9.84 Å². The van der Waals surface area contributed by atoms with Gasteiger partial charge in [0.2, 0.25) is 0 Å². The summed E-state index contributed by atoms with van der Waals surface area (Å²) in [4.78, 5) is 0. The summed E-state index contributed by atoms with van der Waals surface area (Å²) >= 11 is 0. The van der Waals surface area contributed by atoms with Crippen molar-refractivity contribution in [1.82, 2.24) is 5.32 Å². The van der Waals surface area contributed by atoms with E-state index in [0.29, 0.717) is 6.42 Å². The van der Waals surface area contributed by atoms with Crippen LogP contribution in [-0.4, -0.2) is 37.9 Å². The first-order valence-corrected chi connectivity index (χ1v) is 6.48. The molecule has 0 radical (unpaired) electrons. The molecule has 2 aliphatic heterocycles. The van der Waals surface area contributed by atoms with Gasteiger partial charge in [-0.25, -0.2) is 17.2 Å². The lowest BCUT2D eigenvalue weighted by Crippen LogP contribution is -2.55. The van der Waals surface area contributed by atoms with Crippen molar-refractivity contribution < 1.29 is 17.2 Å². The smallest absolute Gasteiger partial charge is 0.251 e. The molecule has 0 saturated carbocycles. The molecular formula is C8H14ClF2NO2S. The van der Waals surface area contributed by atoms with Crippen LogP contribution in [0.25, 0.3) is 0 Å². The molecule has 7 heteroatoms. The summed E-state index contributed by atoms with van der Waals surface area (Å²) in [6, 6.07) is 0. The summed E-state index contributed by atoms with van der Waals surface area (Å²) < 4.78 is 48.7. The number of alkyl halides is 2. The monoisotopic (exact) mass is 261 g/mol. The first kappa shape index (κ1) is 13.1. The van der Waals surface area contributed by atoms with Crippen molar-refractivity contribution in [3.63, 3.8) is 0 Å². The van der Waals surface area contributed by atoms with Crippen molar-refractivity contribution in [2.75, 3.05) is 18.1 Å². The Morgan fingerprint density at radius 3 is 2.33 bits per heavy atom. The van der Waals surface area contributed by atoms with E-state index in [0.717, 1.165) is 0 Å². The highest BCUT2D eigenvalue weighted by molar-refractivity contribution is 7.91. The second-order valence-corrected chi connectivity index (χ2v) is 6.52. The fourth-order valence-electron chi connectivity index (χ4n) is 2.35. The molecule has 0 amide bonds. The molecule has 3 nitrogen and oxygen atoms in total. The quantitative estimate of drug-likeness (QED) is 0.707. The highest BCUT2D eigenvalue weighted by Gasteiger charge is 2.50. The van der Waals surface area contributed by atoms with Crippen LogP contribution >= 0.6 is 12.4 Å². The summed E-state index contributed by atoms with van der Waals surface area (Å²) in [7, 11) is -3.10. The maximum atomic E-state index is 13.1. The molecule has 15 heavy (non-hydrogen) atoms. The molecule has 0 bridgehead atoms. The third-order valence-electron chi connectivity index (χ3n) is 2.98. The molecule has 0 aliphatic carbocycles. The Morgan fingerprint density at radius 1 is 1.20 bits per heavy atom. The van der Waals surface area contributed by atoms with E-state index >= 15 is 0 Å². The van der Waals surface area contributed by atoms with Gasteiger partial charge in [0.1, 0.15) is 0 Å². The molecule has 2 rings (SSSR count). The zero-order valence-corrected chi connectivity index (χ0v) is 9.76. The lowest BCUT2D eigenvalue weighted by atomic mass is 9.86. The van der Waals surface area contributed by atoms with Gasteiger partial charge in [-0.1, -0.05) is 0 Å². The van der Waals surface area contributed by atoms with Gasteiger partial charge in [-0.15, -0.1) is 12.4 Å². The van der Waals surface area contributed by atoms with Gasteiger partial charge in [-0.05, 0) is 6.42 Å². The average Bonchev–Trinajstić information content (AvgIpc) is 2.24. The number of nitrogens with one attached hydrogen (secondary N) is 1. The van der Waals surface area contributed by atoms with Crippen LogP contribution in [0.1, 0.15) is 19.3 Å². The molecule has 1 unspecified atom stereocenters. The minimum absolute atomic E-state index is 0. The minimum atomic E-state index is -3.10. The highest BCUT2D eigenvalue weighted by atomic mass is 35.5. The third-order valence-corrected chi connectivity index (χ3v) is 4.79. The molecule has 90 valence electrons. The van der Waals surface area contributed by atoms with Crippen LogP contribution in [0.5, 0.6) is 0 Å². The molecular weight excluding hydrogens is 248 g/mol. The summed E-state index contributed by atoms with van der Waals surface area (Å²) in [6.45, 7) is 0.211. The van der Waals surface area contributed by atoms with E-state index in [9.17, 15) is 17.2 Å². The topological polar surface area (TPSA) is 46.2 Å². The normalized spacial score (nSPS) is 37.5. The second kappa shape index (κ2) is 3.82. The zero-order valence-electron chi connectivity index (χ0n) is 8.13. The molecule has 1 atom stereocenters. The van der Waals surface area contributed by atoms with E-state index in [-0.39, 0.29) is 43.3 Å². The van der Waals surface area contributed by atoms with Crippen LogP contribution < -0.4 is 5.32 Å². The Labute approximate surface area is 93.9 Å². The molecule has 2 fully saturated rings. The maximum Gasteiger partial charge on any atom is 0.251 e. The largest absolute Gasteiger partial charge is 0.310 e. The van der Waals surface area contributed by atoms with E-state index < -0.39 is 21.3 Å². The predicted molar refractivity (Wildman–Crippen MR) is 55.4 cm³/mol. The number of rotatable bonds is 0. The van der Waals surface area contributed by atoms with E-state index in [1.165, 1.54) is 0 Å². The van der Waals surface area contributed by atoms with E-state index in [2.05, 4.69) is 5.32 Å². The van der Waals surface area contributed by atoms with E-state index in [4.69, 9.17) is 0 Å². The van der Waals surface area contributed by atoms with Crippen molar-refractivity contribution in [3.8, 4) is 0 Å². The van der Waals surface area contributed by atoms with Crippen LogP contribution in [0.3, 0.4) is 0 Å². The lowest BCUT2D eigenvalue weighted by molar-refractivity contribution is -0.0581. The SMILES string of the molecule is Cl.O=S1(=O)CCC2(CC(F)(F)CCN2)C1. The van der Waals surface area contributed by atoms with Crippen molar-refractivity contribution in [2.45, 2.75) is 30.7 Å². The van der Waals surface area contributed by atoms with Gasteiger partial charge in [-0.3, -0.25) is 0 Å². The Morgan fingerprint density at radius 2 is 1.87 bits per heavy atom. The number of sulfone groups is 1. The summed E-state index contributed by atoms with van der Waals surface area (Å²) in [5, 5.41) is 2.95. The van der Waals surface area contributed by atoms with Gasteiger partial charge in [0.05, 0.1) is 11.5 Å². The van der Waals surface area contributed by atoms with Gasteiger partial charge < -0.3 is 5.32 Å². The van der Waals surface area contributed by atoms with Crippen LogP contribution in [0.2, 0.25) is 0 Å². The fourth-order valence-corrected chi connectivity index (χ4v) is 4.39. The number of piperidine rings is 1. The first-order chi connectivity index (χ1) is 6.33. The van der Waals surface area contributed by atoms with Gasteiger partial charge in [-0.2, -0.15) is 0 Å². The van der Waals surface area contributed by atoms with Crippen molar-refractivity contribution >= 4 is 22.2 Å². The molecule has 0 aromatic rings. The number of halogens is 3. The number of hydrogen-bond acceptors (Lipinski definition) is 3. The van der Waals surface area contributed by atoms with Crippen LogP contribution in [0.4, 0.5) is 8.78 Å². The van der Waals surface area contributed by atoms with E-state index in [1.54, 1.807) is 0 Å². The Hall–Kier alpha value is 0.0600. The highest BCUT2D eigenvalue weighted by Crippen LogP contribution is 2.38. The Kier molecular flexibility index (Phi) is 3.34. The molecule has 1 spiro atoms. The fraction of sp³-hybridized carbons (Fsp3) is 1.00. The Bertz CT molecular complexity index is 347. The molecule has 2 aliphatic rings. The summed E-state index contributed by atoms with van der Waals surface area (Å²) in [5.41, 5.74) is -0.847. The molecule has 1 N–H and O–H groups in total. The molecule has 2 heterocycles. The average molecular weight is 262 g/mol. The van der Waals surface area contributed by atoms with Gasteiger partial charge in [0, 0.05) is 24.9 Å². The van der Waals surface area contributed by atoms with Gasteiger partial charge in [0.25, 0.3) is 5.92 Å². The predicted octanol–water partition coefficient (Wildman–Crippen LogP) is 0.984. The standard InChI is InChI=1S/C8H13F2NO2S.ClH/c9-8(10)1-3-11-7(5-8)2-4-14(12,13)6-7;/h11H,1-6H2;1H. The zero-order chi connectivity index (χ0) is 10.4. The summed E-state index contributed by atoms with van der Waals surface area (Å²) in [6.07, 6.45) is -0.195. The van der Waals surface area contributed by atoms with Crippen LogP contribution in [0, 0.1) is 0 Å². The van der Waals surface area contributed by atoms with Gasteiger partial charge >= 0.3 is 0 Å². The maximum absolute atomic E-state index is 13.1. The molecule has 0 aromatic carbocycles. The van der Waals surface area contributed by atoms with Crippen molar-refractivity contribution in [3.05, 3.63) is 0 Å². The lowest BCUT2D eigenvalue weighted by Gasteiger charge is -2.38. The summed E-state index contributed by atoms with van der Waals surface area (Å²) in [5.74, 6) is -2.79. The van der Waals surface area contributed by atoms with Crippen LogP contribution in [-0.2, 0) is 9.84 Å². The Balaban J connectivity index is 0.00000112.